The fourth-order valence-electron chi connectivity index (χ4n) is 2.58. The number of hydrogen-bond donors (Lipinski definition) is 1. The summed E-state index contributed by atoms with van der Waals surface area (Å²) in [4.78, 5) is 16.7. The quantitative estimate of drug-likeness (QED) is 0.784. The van der Waals surface area contributed by atoms with E-state index < -0.39 is 0 Å². The molecule has 2 heterocycles. The number of nitrogens with zero attached hydrogens (tertiary/aromatic N) is 3. The summed E-state index contributed by atoms with van der Waals surface area (Å²) in [5, 5.41) is 7.25. The molecule has 0 saturated heterocycles. The summed E-state index contributed by atoms with van der Waals surface area (Å²) in [6.07, 6.45) is 4.45. The second-order valence-electron chi connectivity index (χ2n) is 5.81. The number of carbonyl (C=O) groups excluding carboxylic acids is 1. The number of benzene rings is 1. The summed E-state index contributed by atoms with van der Waals surface area (Å²) in [6.45, 7) is 4.67. The Bertz CT molecular complexity index is 840. The smallest absolute Gasteiger partial charge is 0.257 e. The SMILES string of the molecule is Cc1ccc(C(=O)Nc2ccn(CCc3ccccn3)n2)c(C)c1. The van der Waals surface area contributed by atoms with Gasteiger partial charge in [0.2, 0.25) is 0 Å². The number of aryl methyl sites for hydroxylation is 4. The van der Waals surface area contributed by atoms with Crippen molar-refractivity contribution in [2.75, 3.05) is 5.32 Å². The second-order valence-corrected chi connectivity index (χ2v) is 5.81. The van der Waals surface area contributed by atoms with Crippen LogP contribution in [0.5, 0.6) is 0 Å². The van der Waals surface area contributed by atoms with Gasteiger partial charge in [-0.25, -0.2) is 0 Å². The molecule has 1 aromatic carbocycles. The molecule has 1 N–H and O–H groups in total. The predicted octanol–water partition coefficient (Wildman–Crippen LogP) is 3.39. The molecule has 1 amide bonds. The number of rotatable bonds is 5. The van der Waals surface area contributed by atoms with Crippen LogP contribution in [0.3, 0.4) is 0 Å². The third kappa shape index (κ3) is 3.87. The summed E-state index contributed by atoms with van der Waals surface area (Å²) in [6, 6.07) is 13.5. The fraction of sp³-hybridized carbons (Fsp3) is 0.211. The molecule has 0 radical (unpaired) electrons. The van der Waals surface area contributed by atoms with Crippen LogP contribution in [0.4, 0.5) is 5.82 Å². The van der Waals surface area contributed by atoms with Gasteiger partial charge in [-0.05, 0) is 37.6 Å². The highest BCUT2D eigenvalue weighted by molar-refractivity contribution is 6.04. The molecule has 0 aliphatic carbocycles. The Morgan fingerprint density at radius 1 is 1.17 bits per heavy atom. The summed E-state index contributed by atoms with van der Waals surface area (Å²) in [7, 11) is 0. The topological polar surface area (TPSA) is 59.8 Å². The fourth-order valence-corrected chi connectivity index (χ4v) is 2.58. The van der Waals surface area contributed by atoms with Gasteiger partial charge in [0.05, 0.1) is 0 Å². The Kier molecular flexibility index (Phi) is 4.70. The maximum absolute atomic E-state index is 12.4. The maximum atomic E-state index is 12.4. The zero-order valence-corrected chi connectivity index (χ0v) is 13.9. The van der Waals surface area contributed by atoms with Crippen LogP contribution in [0.1, 0.15) is 27.2 Å². The van der Waals surface area contributed by atoms with Crippen molar-refractivity contribution in [3.05, 3.63) is 77.2 Å². The van der Waals surface area contributed by atoms with Crippen LogP contribution in [-0.4, -0.2) is 20.7 Å². The van der Waals surface area contributed by atoms with Gasteiger partial charge in [-0.3, -0.25) is 14.5 Å². The van der Waals surface area contributed by atoms with Crippen molar-refractivity contribution in [2.24, 2.45) is 0 Å². The molecule has 0 saturated carbocycles. The predicted molar refractivity (Wildman–Crippen MR) is 94.0 cm³/mol. The molecule has 122 valence electrons. The van der Waals surface area contributed by atoms with E-state index in [4.69, 9.17) is 0 Å². The first-order valence-electron chi connectivity index (χ1n) is 7.94. The van der Waals surface area contributed by atoms with Crippen LogP contribution in [0.2, 0.25) is 0 Å². The Balaban J connectivity index is 1.62. The minimum Gasteiger partial charge on any atom is -0.305 e. The third-order valence-electron chi connectivity index (χ3n) is 3.83. The van der Waals surface area contributed by atoms with Crippen molar-refractivity contribution >= 4 is 11.7 Å². The van der Waals surface area contributed by atoms with E-state index in [2.05, 4.69) is 15.4 Å². The van der Waals surface area contributed by atoms with Crippen molar-refractivity contribution < 1.29 is 4.79 Å². The van der Waals surface area contributed by atoms with Gasteiger partial charge in [0, 0.05) is 42.7 Å². The average molecular weight is 320 g/mol. The molecule has 0 aliphatic rings. The van der Waals surface area contributed by atoms with E-state index in [1.54, 1.807) is 12.3 Å². The van der Waals surface area contributed by atoms with Gasteiger partial charge in [-0.2, -0.15) is 5.10 Å². The second kappa shape index (κ2) is 7.08. The molecule has 3 rings (SSSR count). The molecule has 0 spiro atoms. The minimum atomic E-state index is -0.137. The maximum Gasteiger partial charge on any atom is 0.257 e. The number of hydrogen-bond acceptors (Lipinski definition) is 3. The molecule has 0 unspecified atom stereocenters. The Hall–Kier alpha value is -2.95. The van der Waals surface area contributed by atoms with E-state index in [0.717, 1.165) is 29.8 Å². The van der Waals surface area contributed by atoms with Crippen LogP contribution in [0.25, 0.3) is 0 Å². The van der Waals surface area contributed by atoms with Crippen molar-refractivity contribution in [1.29, 1.82) is 0 Å². The first-order chi connectivity index (χ1) is 11.6. The molecule has 0 aliphatic heterocycles. The summed E-state index contributed by atoms with van der Waals surface area (Å²) < 4.78 is 1.81. The molecule has 3 aromatic rings. The zero-order valence-electron chi connectivity index (χ0n) is 13.9. The van der Waals surface area contributed by atoms with Gasteiger partial charge in [0.1, 0.15) is 0 Å². The Morgan fingerprint density at radius 2 is 2.04 bits per heavy atom. The largest absolute Gasteiger partial charge is 0.305 e. The van der Waals surface area contributed by atoms with Gasteiger partial charge in [0.15, 0.2) is 5.82 Å². The van der Waals surface area contributed by atoms with Crippen LogP contribution in [0, 0.1) is 13.8 Å². The van der Waals surface area contributed by atoms with Gasteiger partial charge in [-0.15, -0.1) is 0 Å². The number of carbonyl (C=O) groups is 1. The average Bonchev–Trinajstić information content (AvgIpc) is 3.01. The van der Waals surface area contributed by atoms with Gasteiger partial charge >= 0.3 is 0 Å². The lowest BCUT2D eigenvalue weighted by atomic mass is 10.1. The van der Waals surface area contributed by atoms with Crippen molar-refractivity contribution in [3.8, 4) is 0 Å². The van der Waals surface area contributed by atoms with Gasteiger partial charge in [-0.1, -0.05) is 23.8 Å². The number of aromatic nitrogens is 3. The summed E-state index contributed by atoms with van der Waals surface area (Å²) >= 11 is 0. The van der Waals surface area contributed by atoms with Gasteiger partial charge in [0.25, 0.3) is 5.91 Å². The van der Waals surface area contributed by atoms with Crippen molar-refractivity contribution in [1.82, 2.24) is 14.8 Å². The lowest BCUT2D eigenvalue weighted by Crippen LogP contribution is -2.14. The van der Waals surface area contributed by atoms with E-state index in [1.807, 2.05) is 61.1 Å². The summed E-state index contributed by atoms with van der Waals surface area (Å²) in [5.41, 5.74) is 3.79. The molecule has 0 bridgehead atoms. The lowest BCUT2D eigenvalue weighted by molar-refractivity contribution is 0.102. The third-order valence-corrected chi connectivity index (χ3v) is 3.83. The molecule has 5 nitrogen and oxygen atoms in total. The highest BCUT2D eigenvalue weighted by Crippen LogP contribution is 2.13. The summed E-state index contributed by atoms with van der Waals surface area (Å²) in [5.74, 6) is 0.420. The first kappa shape index (κ1) is 15.9. The van der Waals surface area contributed by atoms with E-state index in [-0.39, 0.29) is 5.91 Å². The highest BCUT2D eigenvalue weighted by Gasteiger charge is 2.10. The molecular formula is C19H20N4O. The van der Waals surface area contributed by atoms with E-state index in [0.29, 0.717) is 11.4 Å². The molecule has 0 atom stereocenters. The molecule has 0 fully saturated rings. The van der Waals surface area contributed by atoms with E-state index in [9.17, 15) is 4.79 Å². The molecule has 2 aromatic heterocycles. The Morgan fingerprint density at radius 3 is 2.79 bits per heavy atom. The highest BCUT2D eigenvalue weighted by atomic mass is 16.1. The van der Waals surface area contributed by atoms with Crippen LogP contribution < -0.4 is 5.32 Å². The normalized spacial score (nSPS) is 10.6. The molecule has 5 heteroatoms. The van der Waals surface area contributed by atoms with Crippen LogP contribution in [-0.2, 0) is 13.0 Å². The Labute approximate surface area is 141 Å². The van der Waals surface area contributed by atoms with Gasteiger partial charge < -0.3 is 5.32 Å². The zero-order chi connectivity index (χ0) is 16.9. The number of anilines is 1. The van der Waals surface area contributed by atoms with Crippen LogP contribution in [0.15, 0.2) is 54.9 Å². The van der Waals surface area contributed by atoms with Crippen molar-refractivity contribution in [2.45, 2.75) is 26.8 Å². The van der Waals surface area contributed by atoms with Crippen LogP contribution >= 0.6 is 0 Å². The number of nitrogens with one attached hydrogen (secondary N) is 1. The molecular weight excluding hydrogens is 300 g/mol. The number of pyridine rings is 1. The van der Waals surface area contributed by atoms with E-state index in [1.165, 1.54) is 0 Å². The molecule has 24 heavy (non-hydrogen) atoms. The minimum absolute atomic E-state index is 0.137. The monoisotopic (exact) mass is 320 g/mol. The standard InChI is InChI=1S/C19H20N4O/c1-14-6-7-17(15(2)13-14)19(24)21-18-9-12-23(22-18)11-8-16-5-3-4-10-20-16/h3-7,9-10,12-13H,8,11H2,1-2H3,(H,21,22,24). The van der Waals surface area contributed by atoms with Crippen molar-refractivity contribution in [3.63, 3.8) is 0 Å². The number of amides is 1. The first-order valence-corrected chi connectivity index (χ1v) is 7.94. The van der Waals surface area contributed by atoms with E-state index >= 15 is 0 Å². The lowest BCUT2D eigenvalue weighted by Gasteiger charge is -2.06.